The third-order valence-electron chi connectivity index (χ3n) is 4.02. The smallest absolute Gasteiger partial charge is 0.379 e. The predicted molar refractivity (Wildman–Crippen MR) is 93.3 cm³/mol. The molecule has 0 aromatic carbocycles. The molecule has 0 heterocycles. The van der Waals surface area contributed by atoms with Gasteiger partial charge < -0.3 is 9.47 Å². The van der Waals surface area contributed by atoms with Crippen LogP contribution >= 0.6 is 0 Å². The molecule has 196 valence electrons. The number of ether oxygens (including phenoxy) is 2. The Hall–Kier alpha value is -0.870. The van der Waals surface area contributed by atoms with Crippen LogP contribution in [0.3, 0.4) is 0 Å². The van der Waals surface area contributed by atoms with Gasteiger partial charge in [-0.1, -0.05) is 20.3 Å². The standard InChI is InChI=1S/C16H25F9O5S.FH/c1-3-5-8-28-10-11-29-12(4-2)7-6-9-30-31(26,27)16(24,25)14(19,20)13(17,18)15(21,22)23;/h12H,3-11H2,1-2H3;1H. The van der Waals surface area contributed by atoms with Crippen molar-refractivity contribution in [2.75, 3.05) is 26.4 Å². The molecule has 32 heavy (non-hydrogen) atoms. The van der Waals surface area contributed by atoms with Crippen molar-refractivity contribution in [2.45, 2.75) is 75.3 Å². The maximum absolute atomic E-state index is 13.5. The van der Waals surface area contributed by atoms with E-state index in [0.29, 0.717) is 13.0 Å². The van der Waals surface area contributed by atoms with Crippen molar-refractivity contribution in [1.29, 1.82) is 0 Å². The van der Waals surface area contributed by atoms with Crippen LogP contribution in [0.25, 0.3) is 0 Å². The lowest BCUT2D eigenvalue weighted by molar-refractivity contribution is -0.382. The molecular weight excluding hydrogens is 494 g/mol. The molecule has 0 aromatic rings. The topological polar surface area (TPSA) is 61.8 Å². The van der Waals surface area contributed by atoms with Crippen LogP contribution < -0.4 is 0 Å². The zero-order chi connectivity index (χ0) is 24.6. The molecule has 5 nitrogen and oxygen atoms in total. The van der Waals surface area contributed by atoms with Crippen molar-refractivity contribution in [1.82, 2.24) is 0 Å². The number of unbranched alkanes of at least 4 members (excludes halogenated alkanes) is 1. The molecule has 0 fully saturated rings. The zero-order valence-corrected chi connectivity index (χ0v) is 18.0. The van der Waals surface area contributed by atoms with Gasteiger partial charge in [-0.3, -0.25) is 8.89 Å². The summed E-state index contributed by atoms with van der Waals surface area (Å²) in [4.78, 5) is 0. The highest BCUT2D eigenvalue weighted by Gasteiger charge is 2.85. The first-order chi connectivity index (χ1) is 14.0. The van der Waals surface area contributed by atoms with Crippen LogP contribution in [-0.4, -0.2) is 64.2 Å². The average molecular weight is 520 g/mol. The Morgan fingerprint density at radius 1 is 0.781 bits per heavy atom. The molecule has 0 aliphatic heterocycles. The third kappa shape index (κ3) is 8.17. The first kappa shape index (κ1) is 33.3. The molecule has 0 rings (SSSR count). The molecule has 0 aliphatic carbocycles. The Morgan fingerprint density at radius 3 is 1.81 bits per heavy atom. The Balaban J connectivity index is 0. The molecule has 0 N–H and O–H groups in total. The van der Waals surface area contributed by atoms with E-state index < -0.39 is 46.1 Å². The second kappa shape index (κ2) is 13.1. The van der Waals surface area contributed by atoms with Crippen molar-refractivity contribution in [3.05, 3.63) is 0 Å². The summed E-state index contributed by atoms with van der Waals surface area (Å²) in [6.45, 7) is 3.43. The van der Waals surface area contributed by atoms with Crippen molar-refractivity contribution < 1.29 is 66.3 Å². The van der Waals surface area contributed by atoms with E-state index in [-0.39, 0.29) is 30.8 Å². The summed E-state index contributed by atoms with van der Waals surface area (Å²) in [7, 11) is -6.82. The van der Waals surface area contributed by atoms with Gasteiger partial charge in [-0.2, -0.15) is 47.9 Å². The van der Waals surface area contributed by atoms with Crippen molar-refractivity contribution in [3.8, 4) is 0 Å². The Bertz CT molecular complexity index is 625. The van der Waals surface area contributed by atoms with Gasteiger partial charge in [-0.15, -0.1) is 0 Å². The van der Waals surface area contributed by atoms with Crippen LogP contribution in [0, 0.1) is 0 Å². The van der Waals surface area contributed by atoms with Crippen LogP contribution in [0.2, 0.25) is 0 Å². The maximum atomic E-state index is 13.5. The van der Waals surface area contributed by atoms with E-state index in [1.165, 1.54) is 0 Å². The number of halogens is 10. The SMILES string of the molecule is CCCCOCCOC(CC)CCCOS(=O)(=O)C(F)(F)C(F)(F)C(F)(F)C(F)(F)F.F. The summed E-state index contributed by atoms with van der Waals surface area (Å²) in [5, 5.41) is -6.84. The second-order valence-electron chi connectivity index (χ2n) is 6.45. The van der Waals surface area contributed by atoms with Gasteiger partial charge in [0.05, 0.1) is 25.9 Å². The molecule has 0 spiro atoms. The Morgan fingerprint density at radius 2 is 1.34 bits per heavy atom. The number of hydrogen-bond acceptors (Lipinski definition) is 5. The van der Waals surface area contributed by atoms with Crippen molar-refractivity contribution in [3.63, 3.8) is 0 Å². The van der Waals surface area contributed by atoms with Crippen LogP contribution in [0.1, 0.15) is 46.0 Å². The summed E-state index contributed by atoms with van der Waals surface area (Å²) in [5.41, 5.74) is 0. The van der Waals surface area contributed by atoms with Gasteiger partial charge in [0.2, 0.25) is 0 Å². The zero-order valence-electron chi connectivity index (χ0n) is 17.2. The first-order valence-electron chi connectivity index (χ1n) is 9.28. The van der Waals surface area contributed by atoms with Gasteiger partial charge in [0.15, 0.2) is 0 Å². The molecule has 0 radical (unpaired) electrons. The van der Waals surface area contributed by atoms with Crippen LogP contribution in [0.15, 0.2) is 0 Å². The van der Waals surface area contributed by atoms with E-state index in [1.807, 2.05) is 6.92 Å². The van der Waals surface area contributed by atoms with Gasteiger partial charge in [0.1, 0.15) is 0 Å². The summed E-state index contributed by atoms with van der Waals surface area (Å²) in [6, 6.07) is 0. The Kier molecular flexibility index (Phi) is 13.7. The molecule has 1 unspecified atom stereocenters. The third-order valence-corrected chi connectivity index (χ3v) is 5.38. The lowest BCUT2D eigenvalue weighted by atomic mass is 10.1. The second-order valence-corrected chi connectivity index (χ2v) is 8.11. The summed E-state index contributed by atoms with van der Waals surface area (Å²) in [5.74, 6) is -14.6. The van der Waals surface area contributed by atoms with E-state index in [1.54, 1.807) is 6.92 Å². The van der Waals surface area contributed by atoms with Gasteiger partial charge in [-0.25, -0.2) is 0 Å². The fourth-order valence-electron chi connectivity index (χ4n) is 2.10. The lowest BCUT2D eigenvalue weighted by Gasteiger charge is -2.32. The number of hydrogen-bond donors (Lipinski definition) is 0. The van der Waals surface area contributed by atoms with Crippen LogP contribution in [0.4, 0.5) is 44.2 Å². The predicted octanol–water partition coefficient (Wildman–Crippen LogP) is 5.30. The molecular formula is C16H26F10O5S. The molecule has 0 amide bonds. The largest absolute Gasteiger partial charge is 0.460 e. The fourth-order valence-corrected chi connectivity index (χ4v) is 3.03. The first-order valence-corrected chi connectivity index (χ1v) is 10.7. The molecule has 0 aliphatic rings. The Labute approximate surface area is 179 Å². The molecule has 0 aromatic heterocycles. The highest BCUT2D eigenvalue weighted by Crippen LogP contribution is 2.54. The molecule has 1 atom stereocenters. The van der Waals surface area contributed by atoms with E-state index >= 15 is 0 Å². The van der Waals surface area contributed by atoms with E-state index in [0.717, 1.165) is 12.8 Å². The fraction of sp³-hybridized carbons (Fsp3) is 1.00. The monoisotopic (exact) mass is 520 g/mol. The molecule has 0 saturated heterocycles. The summed E-state index contributed by atoms with van der Waals surface area (Å²) < 4.78 is 152. The van der Waals surface area contributed by atoms with Crippen molar-refractivity contribution >= 4 is 10.1 Å². The normalized spacial score (nSPS) is 14.8. The molecule has 0 bridgehead atoms. The maximum Gasteiger partial charge on any atom is 0.460 e. The quantitative estimate of drug-likeness (QED) is 0.157. The summed E-state index contributed by atoms with van der Waals surface area (Å²) >= 11 is 0. The van der Waals surface area contributed by atoms with E-state index in [4.69, 9.17) is 9.47 Å². The van der Waals surface area contributed by atoms with Crippen LogP contribution in [-0.2, 0) is 23.8 Å². The highest BCUT2D eigenvalue weighted by atomic mass is 32.2. The minimum Gasteiger partial charge on any atom is -0.379 e. The number of rotatable bonds is 16. The van der Waals surface area contributed by atoms with E-state index in [9.17, 15) is 47.9 Å². The van der Waals surface area contributed by atoms with Gasteiger partial charge >= 0.3 is 33.4 Å². The van der Waals surface area contributed by atoms with Gasteiger partial charge in [0.25, 0.3) is 0 Å². The lowest BCUT2D eigenvalue weighted by Crippen LogP contribution is -2.63. The van der Waals surface area contributed by atoms with Crippen molar-refractivity contribution in [2.24, 2.45) is 0 Å². The van der Waals surface area contributed by atoms with Gasteiger partial charge in [0, 0.05) is 6.61 Å². The minimum absolute atomic E-state index is 0. The highest BCUT2D eigenvalue weighted by molar-refractivity contribution is 7.87. The van der Waals surface area contributed by atoms with Gasteiger partial charge in [-0.05, 0) is 25.7 Å². The summed E-state index contributed by atoms with van der Waals surface area (Å²) in [6.07, 6.45) is -5.78. The average Bonchev–Trinajstić information content (AvgIpc) is 2.64. The van der Waals surface area contributed by atoms with E-state index in [2.05, 4.69) is 4.18 Å². The number of alkyl halides is 9. The molecule has 0 saturated carbocycles. The minimum atomic E-state index is -7.32. The molecule has 16 heteroatoms. The van der Waals surface area contributed by atoms with Crippen LogP contribution in [0.5, 0.6) is 0 Å².